The van der Waals surface area contributed by atoms with Crippen molar-refractivity contribution in [3.8, 4) is 0 Å². The number of carbonyl (C=O) groups is 1. The minimum absolute atomic E-state index is 0.201. The number of amides is 1. The Morgan fingerprint density at radius 3 is 2.38 bits per heavy atom. The van der Waals surface area contributed by atoms with Crippen LogP contribution in [0.2, 0.25) is 5.02 Å². The third-order valence-electron chi connectivity index (χ3n) is 4.10. The molecule has 7 heteroatoms. The molecule has 1 N–H and O–H groups in total. The molecule has 0 radical (unpaired) electrons. The van der Waals surface area contributed by atoms with Crippen molar-refractivity contribution in [2.75, 3.05) is 11.4 Å². The number of anilines is 1. The molecule has 0 saturated heterocycles. The van der Waals surface area contributed by atoms with E-state index in [2.05, 4.69) is 5.32 Å². The molecule has 0 aliphatic carbocycles. The molecule has 5 nitrogen and oxygen atoms in total. The van der Waals surface area contributed by atoms with Crippen molar-refractivity contribution in [2.24, 2.45) is 0 Å². The summed E-state index contributed by atoms with van der Waals surface area (Å²) >= 11 is 6.17. The number of hydrogen-bond donors (Lipinski definition) is 1. The molecular formula is C19H19ClN2O3S. The van der Waals surface area contributed by atoms with E-state index in [0.717, 1.165) is 4.31 Å². The average Bonchev–Trinajstić information content (AvgIpc) is 2.57. The van der Waals surface area contributed by atoms with Crippen molar-refractivity contribution in [1.82, 2.24) is 5.32 Å². The van der Waals surface area contributed by atoms with Crippen LogP contribution < -0.4 is 9.62 Å². The Hall–Kier alpha value is -2.31. The van der Waals surface area contributed by atoms with Crippen molar-refractivity contribution >= 4 is 38.8 Å². The van der Waals surface area contributed by atoms with Crippen LogP contribution in [-0.4, -0.2) is 27.4 Å². The highest BCUT2D eigenvalue weighted by Gasteiger charge is 2.39. The lowest BCUT2D eigenvalue weighted by Crippen LogP contribution is -2.41. The lowest BCUT2D eigenvalue weighted by atomic mass is 9.95. The molecule has 26 heavy (non-hydrogen) atoms. The number of sulfonamides is 1. The molecule has 0 bridgehead atoms. The summed E-state index contributed by atoms with van der Waals surface area (Å²) in [5.74, 6) is -0.628. The van der Waals surface area contributed by atoms with Crippen LogP contribution in [0.15, 0.2) is 53.4 Å². The first-order valence-electron chi connectivity index (χ1n) is 8.13. The van der Waals surface area contributed by atoms with Crippen LogP contribution >= 0.6 is 11.6 Å². The molecule has 0 fully saturated rings. The van der Waals surface area contributed by atoms with Gasteiger partial charge in [0.25, 0.3) is 15.9 Å². The largest absolute Gasteiger partial charge is 0.349 e. The standard InChI is InChI=1S/C19H19ClN2O3S/c1-12(2)21-19(23)18-17(13-7-5-4-6-8-13)15-11-14(20)9-10-16(15)22(3)26(18,24)25/h4-12H,1-3H3,(H,21,23). The number of fused-ring (bicyclic) bond motifs is 1. The number of nitrogens with zero attached hydrogens (tertiary/aromatic N) is 1. The zero-order valence-electron chi connectivity index (χ0n) is 14.7. The molecule has 0 aromatic heterocycles. The molecule has 2 aromatic carbocycles. The van der Waals surface area contributed by atoms with Crippen LogP contribution in [0.5, 0.6) is 0 Å². The summed E-state index contributed by atoms with van der Waals surface area (Å²) in [6.07, 6.45) is 0. The third kappa shape index (κ3) is 3.10. The first-order valence-corrected chi connectivity index (χ1v) is 9.94. The highest BCUT2D eigenvalue weighted by molar-refractivity contribution is 7.97. The fourth-order valence-corrected chi connectivity index (χ4v) is 4.59. The predicted octanol–water partition coefficient (Wildman–Crippen LogP) is 3.40. The van der Waals surface area contributed by atoms with Crippen molar-refractivity contribution in [2.45, 2.75) is 19.9 Å². The summed E-state index contributed by atoms with van der Waals surface area (Å²) in [6.45, 7) is 3.56. The SMILES string of the molecule is CC(C)NC(=O)C1=C(c2ccccc2)c2cc(Cl)ccc2N(C)S1(=O)=O. The van der Waals surface area contributed by atoms with Crippen molar-refractivity contribution in [3.63, 3.8) is 0 Å². The Morgan fingerprint density at radius 2 is 1.77 bits per heavy atom. The maximum Gasteiger partial charge on any atom is 0.270 e. The van der Waals surface area contributed by atoms with Gasteiger partial charge in [0.15, 0.2) is 4.91 Å². The Kier molecular flexibility index (Phi) is 4.82. The Bertz CT molecular complexity index is 999. The maximum absolute atomic E-state index is 13.1. The second kappa shape index (κ2) is 6.78. The third-order valence-corrected chi connectivity index (χ3v) is 6.16. The summed E-state index contributed by atoms with van der Waals surface area (Å²) in [6, 6.07) is 13.8. The zero-order chi connectivity index (χ0) is 19.1. The van der Waals surface area contributed by atoms with Gasteiger partial charge in [-0.3, -0.25) is 9.10 Å². The molecule has 0 saturated carbocycles. The highest BCUT2D eigenvalue weighted by atomic mass is 35.5. The summed E-state index contributed by atoms with van der Waals surface area (Å²) in [4.78, 5) is 12.6. The smallest absolute Gasteiger partial charge is 0.270 e. The fraction of sp³-hybridized carbons (Fsp3) is 0.211. The normalized spacial score (nSPS) is 15.8. The number of nitrogens with one attached hydrogen (secondary N) is 1. The van der Waals surface area contributed by atoms with Gasteiger partial charge >= 0.3 is 0 Å². The fourth-order valence-electron chi connectivity index (χ4n) is 2.95. The van der Waals surface area contributed by atoms with Gasteiger partial charge in [0, 0.05) is 29.2 Å². The number of benzene rings is 2. The van der Waals surface area contributed by atoms with E-state index >= 15 is 0 Å². The summed E-state index contributed by atoms with van der Waals surface area (Å²) < 4.78 is 27.4. The van der Waals surface area contributed by atoms with Gasteiger partial charge < -0.3 is 5.32 Å². The maximum atomic E-state index is 13.1. The quantitative estimate of drug-likeness (QED) is 0.873. The Balaban J connectivity index is 2.41. The molecule has 1 amide bonds. The molecule has 1 heterocycles. The minimum Gasteiger partial charge on any atom is -0.349 e. The van der Waals surface area contributed by atoms with Crippen LogP contribution in [0, 0.1) is 0 Å². The zero-order valence-corrected chi connectivity index (χ0v) is 16.2. The van der Waals surface area contributed by atoms with E-state index < -0.39 is 15.9 Å². The molecule has 0 spiro atoms. The van der Waals surface area contributed by atoms with E-state index in [-0.39, 0.29) is 10.9 Å². The second-order valence-corrected chi connectivity index (χ2v) is 8.67. The number of hydrogen-bond acceptors (Lipinski definition) is 3. The summed E-state index contributed by atoms with van der Waals surface area (Å²) in [5.41, 5.74) is 2.09. The van der Waals surface area contributed by atoms with Gasteiger partial charge in [0.1, 0.15) is 0 Å². The topological polar surface area (TPSA) is 66.5 Å². The van der Waals surface area contributed by atoms with E-state index in [4.69, 9.17) is 11.6 Å². The molecule has 0 unspecified atom stereocenters. The molecular weight excluding hydrogens is 372 g/mol. The van der Waals surface area contributed by atoms with E-state index in [1.807, 2.05) is 6.07 Å². The summed E-state index contributed by atoms with van der Waals surface area (Å²) in [7, 11) is -2.58. The van der Waals surface area contributed by atoms with E-state index in [9.17, 15) is 13.2 Å². The van der Waals surface area contributed by atoms with E-state index in [1.54, 1.807) is 56.3 Å². The molecule has 2 aromatic rings. The number of halogens is 1. The second-order valence-electron chi connectivity index (χ2n) is 6.33. The lowest BCUT2D eigenvalue weighted by Gasteiger charge is -2.31. The molecule has 1 aliphatic rings. The van der Waals surface area contributed by atoms with Gasteiger partial charge in [-0.1, -0.05) is 41.9 Å². The first kappa shape index (κ1) is 18.5. The van der Waals surface area contributed by atoms with Crippen LogP contribution in [0.1, 0.15) is 25.0 Å². The van der Waals surface area contributed by atoms with Gasteiger partial charge in [-0.05, 0) is 37.6 Å². The highest BCUT2D eigenvalue weighted by Crippen LogP contribution is 2.43. The number of carbonyl (C=O) groups excluding carboxylic acids is 1. The van der Waals surface area contributed by atoms with E-state index in [0.29, 0.717) is 27.4 Å². The molecule has 136 valence electrons. The summed E-state index contributed by atoms with van der Waals surface area (Å²) in [5, 5.41) is 3.16. The molecule has 0 atom stereocenters. The van der Waals surface area contributed by atoms with Crippen LogP contribution in [0.25, 0.3) is 5.57 Å². The monoisotopic (exact) mass is 390 g/mol. The van der Waals surface area contributed by atoms with Crippen LogP contribution in [0.3, 0.4) is 0 Å². The van der Waals surface area contributed by atoms with E-state index in [1.165, 1.54) is 7.05 Å². The van der Waals surface area contributed by atoms with Gasteiger partial charge in [-0.15, -0.1) is 0 Å². The number of rotatable bonds is 3. The lowest BCUT2D eigenvalue weighted by molar-refractivity contribution is -0.117. The van der Waals surface area contributed by atoms with Gasteiger partial charge in [0.2, 0.25) is 0 Å². The van der Waals surface area contributed by atoms with Crippen molar-refractivity contribution < 1.29 is 13.2 Å². The predicted molar refractivity (Wildman–Crippen MR) is 105 cm³/mol. The van der Waals surface area contributed by atoms with Gasteiger partial charge in [-0.2, -0.15) is 0 Å². The Morgan fingerprint density at radius 1 is 1.12 bits per heavy atom. The molecule has 1 aliphatic heterocycles. The van der Waals surface area contributed by atoms with Crippen molar-refractivity contribution in [1.29, 1.82) is 0 Å². The van der Waals surface area contributed by atoms with Crippen LogP contribution in [0.4, 0.5) is 5.69 Å². The van der Waals surface area contributed by atoms with Gasteiger partial charge in [-0.25, -0.2) is 8.42 Å². The van der Waals surface area contributed by atoms with Crippen LogP contribution in [-0.2, 0) is 14.8 Å². The van der Waals surface area contributed by atoms with Crippen molar-refractivity contribution in [3.05, 3.63) is 69.6 Å². The minimum atomic E-state index is -4.01. The average molecular weight is 391 g/mol. The Labute approximate surface area is 158 Å². The molecule has 3 rings (SSSR count). The first-order chi connectivity index (χ1) is 12.2. The van der Waals surface area contributed by atoms with Gasteiger partial charge in [0.05, 0.1) is 5.69 Å².